The quantitative estimate of drug-likeness (QED) is 0.532. The van der Waals surface area contributed by atoms with Crippen molar-refractivity contribution in [3.05, 3.63) is 42.9 Å². The minimum atomic E-state index is 0.0617. The van der Waals surface area contributed by atoms with Crippen molar-refractivity contribution in [1.29, 1.82) is 0 Å². The van der Waals surface area contributed by atoms with E-state index in [9.17, 15) is 4.79 Å². The van der Waals surface area contributed by atoms with Crippen molar-refractivity contribution in [2.45, 2.75) is 50.6 Å². The van der Waals surface area contributed by atoms with Gasteiger partial charge in [0.05, 0.1) is 5.69 Å². The number of pyridine rings is 3. The lowest BCUT2D eigenvalue weighted by Gasteiger charge is -2.37. The van der Waals surface area contributed by atoms with Crippen molar-refractivity contribution in [2.24, 2.45) is 11.7 Å². The minimum absolute atomic E-state index is 0.0617. The Kier molecular flexibility index (Phi) is 7.38. The van der Waals surface area contributed by atoms with Gasteiger partial charge in [0.25, 0.3) is 0 Å². The molecule has 6 heterocycles. The maximum atomic E-state index is 13.2. The molecule has 3 aliphatic rings. The maximum absolute atomic E-state index is 13.2. The molecular weight excluding hydrogens is 478 g/mol. The Morgan fingerprint density at radius 1 is 1.03 bits per heavy atom. The van der Waals surface area contributed by atoms with Crippen LogP contribution in [0.5, 0.6) is 0 Å². The number of hydrogen-bond acceptors (Lipinski definition) is 8. The molecule has 6 rings (SSSR count). The summed E-state index contributed by atoms with van der Waals surface area (Å²) < 4.78 is 5.49. The van der Waals surface area contributed by atoms with Crippen molar-refractivity contribution < 1.29 is 9.53 Å². The normalized spacial score (nSPS) is 21.6. The Bertz CT molecular complexity index is 1270. The summed E-state index contributed by atoms with van der Waals surface area (Å²) in [6, 6.07) is 8.73. The molecule has 1 unspecified atom stereocenters. The lowest BCUT2D eigenvalue weighted by molar-refractivity contribution is -0.137. The summed E-state index contributed by atoms with van der Waals surface area (Å²) in [4.78, 5) is 31.6. The minimum Gasteiger partial charge on any atom is -0.381 e. The fourth-order valence-corrected chi connectivity index (χ4v) is 5.99. The van der Waals surface area contributed by atoms with Crippen LogP contribution in [0, 0.1) is 5.92 Å². The molecule has 9 heteroatoms. The van der Waals surface area contributed by atoms with Crippen molar-refractivity contribution in [3.8, 4) is 11.3 Å². The Hall–Kier alpha value is -3.30. The summed E-state index contributed by atoms with van der Waals surface area (Å²) >= 11 is 0. The zero-order valence-electron chi connectivity index (χ0n) is 21.9. The van der Waals surface area contributed by atoms with Crippen LogP contribution in [-0.2, 0) is 9.53 Å². The van der Waals surface area contributed by atoms with Crippen LogP contribution in [0.25, 0.3) is 22.0 Å². The van der Waals surface area contributed by atoms with Gasteiger partial charge >= 0.3 is 0 Å². The summed E-state index contributed by atoms with van der Waals surface area (Å²) in [7, 11) is 0. The van der Waals surface area contributed by atoms with Crippen molar-refractivity contribution >= 4 is 28.3 Å². The molecular formula is C29H37N7O2. The van der Waals surface area contributed by atoms with Crippen LogP contribution >= 0.6 is 0 Å². The van der Waals surface area contributed by atoms with Crippen molar-refractivity contribution in [1.82, 2.24) is 19.9 Å². The lowest BCUT2D eigenvalue weighted by atomic mass is 9.93. The van der Waals surface area contributed by atoms with Crippen LogP contribution in [0.1, 0.15) is 38.5 Å². The Morgan fingerprint density at radius 2 is 1.87 bits per heavy atom. The van der Waals surface area contributed by atoms with E-state index >= 15 is 0 Å². The first kappa shape index (κ1) is 25.0. The lowest BCUT2D eigenvalue weighted by Crippen LogP contribution is -2.49. The van der Waals surface area contributed by atoms with Gasteiger partial charge in [-0.25, -0.2) is 9.97 Å². The molecule has 9 nitrogen and oxygen atoms in total. The number of nitrogens with zero attached hydrogens (tertiary/aromatic N) is 5. The number of hydrogen-bond donors (Lipinski definition) is 2. The third kappa shape index (κ3) is 5.44. The SMILES string of the molecule is NC1CCCN(C(=O)C2CCN(c3nc(-c4ccnc(NC5CCOCC5)c4)cc4cnccc34)CC2)C1. The Balaban J connectivity index is 1.22. The summed E-state index contributed by atoms with van der Waals surface area (Å²) in [5.41, 5.74) is 8.06. The van der Waals surface area contributed by atoms with E-state index in [-0.39, 0.29) is 17.9 Å². The first-order valence-corrected chi connectivity index (χ1v) is 14.0. The highest BCUT2D eigenvalue weighted by molar-refractivity contribution is 5.94. The summed E-state index contributed by atoms with van der Waals surface area (Å²) in [6.45, 7) is 4.71. The number of likely N-dealkylation sites (tertiary alicyclic amines) is 1. The molecule has 200 valence electrons. The summed E-state index contributed by atoms with van der Waals surface area (Å²) in [5.74, 6) is 2.16. The van der Waals surface area contributed by atoms with Crippen LogP contribution < -0.4 is 16.0 Å². The highest BCUT2D eigenvalue weighted by Gasteiger charge is 2.31. The second kappa shape index (κ2) is 11.2. The number of piperidine rings is 2. The number of carbonyl (C=O) groups excluding carboxylic acids is 1. The van der Waals surface area contributed by atoms with E-state index in [4.69, 9.17) is 15.5 Å². The smallest absolute Gasteiger partial charge is 0.225 e. The molecule has 0 saturated carbocycles. The predicted molar refractivity (Wildman–Crippen MR) is 149 cm³/mol. The number of nitrogens with two attached hydrogens (primary N) is 1. The average molecular weight is 516 g/mol. The highest BCUT2D eigenvalue weighted by atomic mass is 16.5. The molecule has 3 aromatic heterocycles. The molecule has 0 radical (unpaired) electrons. The number of nitrogens with one attached hydrogen (secondary N) is 1. The number of ether oxygens (including phenoxy) is 1. The van der Waals surface area contributed by atoms with Crippen LogP contribution in [0.2, 0.25) is 0 Å². The number of carbonyl (C=O) groups is 1. The van der Waals surface area contributed by atoms with Gasteiger partial charge in [-0.15, -0.1) is 0 Å². The molecule has 1 atom stereocenters. The van der Waals surface area contributed by atoms with Crippen LogP contribution in [0.4, 0.5) is 11.6 Å². The second-order valence-corrected chi connectivity index (χ2v) is 10.8. The van der Waals surface area contributed by atoms with Crippen molar-refractivity contribution in [3.63, 3.8) is 0 Å². The predicted octanol–water partition coefficient (Wildman–Crippen LogP) is 3.45. The van der Waals surface area contributed by atoms with Crippen molar-refractivity contribution in [2.75, 3.05) is 49.6 Å². The van der Waals surface area contributed by atoms with Gasteiger partial charge in [0.2, 0.25) is 5.91 Å². The fourth-order valence-electron chi connectivity index (χ4n) is 5.99. The van der Waals surface area contributed by atoms with E-state index in [1.165, 1.54) is 0 Å². The first-order chi connectivity index (χ1) is 18.6. The average Bonchev–Trinajstić information content (AvgIpc) is 2.97. The van der Waals surface area contributed by atoms with Gasteiger partial charge in [-0.1, -0.05) is 0 Å². The number of aromatic nitrogens is 3. The fraction of sp³-hybridized carbons (Fsp3) is 0.517. The molecule has 0 bridgehead atoms. The van der Waals surface area contributed by atoms with Gasteiger partial charge in [-0.05, 0) is 62.8 Å². The Labute approximate surface area is 223 Å². The maximum Gasteiger partial charge on any atom is 0.225 e. The Morgan fingerprint density at radius 3 is 2.68 bits per heavy atom. The zero-order chi connectivity index (χ0) is 25.9. The van der Waals surface area contributed by atoms with Crippen LogP contribution in [0.3, 0.4) is 0 Å². The molecule has 1 amide bonds. The largest absolute Gasteiger partial charge is 0.381 e. The molecule has 0 aromatic carbocycles. The standard InChI is InChI=1S/C29H37N7O2/c30-23-2-1-11-36(19-23)29(37)20-5-12-35(13-6-20)28-25-4-9-31-18-22(25)16-26(34-28)21-3-10-32-27(17-21)33-24-7-14-38-15-8-24/h3-4,9-10,16-18,20,23-24H,1-2,5-8,11-15,19,30H2,(H,32,33). The molecule has 0 spiro atoms. The molecule has 3 fully saturated rings. The first-order valence-electron chi connectivity index (χ1n) is 14.0. The van der Waals surface area contributed by atoms with E-state index in [1.807, 2.05) is 35.6 Å². The van der Waals surface area contributed by atoms with Crippen LogP contribution in [0.15, 0.2) is 42.9 Å². The molecule has 3 aliphatic heterocycles. The van der Waals surface area contributed by atoms with E-state index < -0.39 is 0 Å². The summed E-state index contributed by atoms with van der Waals surface area (Å²) in [5, 5.41) is 5.71. The van der Waals surface area contributed by atoms with Gasteiger partial charge in [-0.2, -0.15) is 0 Å². The molecule has 0 aliphatic carbocycles. The molecule has 38 heavy (non-hydrogen) atoms. The van der Waals surface area contributed by atoms with Gasteiger partial charge in [0, 0.05) is 92.3 Å². The zero-order valence-corrected chi connectivity index (χ0v) is 21.9. The highest BCUT2D eigenvalue weighted by Crippen LogP contribution is 2.33. The van der Waals surface area contributed by atoms with Gasteiger partial charge in [-0.3, -0.25) is 9.78 Å². The molecule has 3 aromatic rings. The van der Waals surface area contributed by atoms with Gasteiger partial charge in [0.15, 0.2) is 0 Å². The monoisotopic (exact) mass is 515 g/mol. The topological polar surface area (TPSA) is 110 Å². The van der Waals surface area contributed by atoms with Gasteiger partial charge in [0.1, 0.15) is 11.6 Å². The van der Waals surface area contributed by atoms with E-state index in [1.54, 1.807) is 0 Å². The number of amides is 1. The number of fused-ring (bicyclic) bond motifs is 1. The third-order valence-corrected chi connectivity index (χ3v) is 8.15. The van der Waals surface area contributed by atoms with Crippen LogP contribution in [-0.4, -0.2) is 77.2 Å². The third-order valence-electron chi connectivity index (χ3n) is 8.15. The van der Waals surface area contributed by atoms with Gasteiger partial charge < -0.3 is 25.6 Å². The number of anilines is 2. The van der Waals surface area contributed by atoms with E-state index in [0.717, 1.165) is 105 Å². The number of rotatable bonds is 5. The van der Waals surface area contributed by atoms with E-state index in [0.29, 0.717) is 12.6 Å². The molecule has 3 N–H and O–H groups in total. The molecule has 3 saturated heterocycles. The summed E-state index contributed by atoms with van der Waals surface area (Å²) in [6.07, 6.45) is 11.2. The van der Waals surface area contributed by atoms with E-state index in [2.05, 4.69) is 32.3 Å². The second-order valence-electron chi connectivity index (χ2n) is 10.8.